The minimum atomic E-state index is 0.617. The molecule has 4 nitrogen and oxygen atoms in total. The molecule has 0 aliphatic rings. The summed E-state index contributed by atoms with van der Waals surface area (Å²) in [5, 5.41) is 4.65. The average molecular weight is 734 g/mol. The van der Waals surface area contributed by atoms with E-state index in [-0.39, 0.29) is 0 Å². The Labute approximate surface area is 327 Å². The van der Waals surface area contributed by atoms with Crippen LogP contribution in [0.3, 0.4) is 0 Å². The van der Waals surface area contributed by atoms with Crippen LogP contribution in [0.5, 0.6) is 0 Å². The van der Waals surface area contributed by atoms with Crippen molar-refractivity contribution in [3.8, 4) is 67.5 Å². The van der Waals surface area contributed by atoms with E-state index in [2.05, 4.69) is 164 Å². The van der Waals surface area contributed by atoms with E-state index in [0.717, 1.165) is 65.6 Å². The smallest absolute Gasteiger partial charge is 0.165 e. The second-order valence-corrected chi connectivity index (χ2v) is 15.1. The van der Waals surface area contributed by atoms with Gasteiger partial charge >= 0.3 is 0 Å². The maximum absolute atomic E-state index is 6.25. The Morgan fingerprint density at radius 3 is 1.54 bits per heavy atom. The lowest BCUT2D eigenvalue weighted by atomic mass is 10.0. The summed E-state index contributed by atoms with van der Waals surface area (Å²) in [6.45, 7) is 0. The van der Waals surface area contributed by atoms with E-state index in [9.17, 15) is 0 Å². The first-order chi connectivity index (χ1) is 27.7. The number of hydrogen-bond acceptors (Lipinski definition) is 5. The van der Waals surface area contributed by atoms with Crippen LogP contribution < -0.4 is 0 Å². The molecular weight excluding hydrogens is 703 g/mol. The minimum Gasteiger partial charge on any atom is -0.456 e. The second kappa shape index (κ2) is 13.3. The van der Waals surface area contributed by atoms with Crippen LogP contribution in [0.15, 0.2) is 192 Å². The quantitative estimate of drug-likeness (QED) is 0.171. The highest BCUT2D eigenvalue weighted by Gasteiger charge is 2.18. The largest absolute Gasteiger partial charge is 0.456 e. The Kier molecular flexibility index (Phi) is 7.64. The zero-order chi connectivity index (χ0) is 37.0. The Hall–Kier alpha value is -7.21. The predicted octanol–water partition coefficient (Wildman–Crippen LogP) is 14.1. The highest BCUT2D eigenvalue weighted by Crippen LogP contribution is 2.41. The molecule has 11 aromatic rings. The molecule has 0 fully saturated rings. The first-order valence-corrected chi connectivity index (χ1v) is 19.5. The summed E-state index contributed by atoms with van der Waals surface area (Å²) in [5.74, 6) is 1.89. The number of rotatable bonds is 6. The van der Waals surface area contributed by atoms with Crippen molar-refractivity contribution >= 4 is 53.4 Å². The van der Waals surface area contributed by atoms with Gasteiger partial charge in [0.15, 0.2) is 17.5 Å². The molecule has 3 aromatic heterocycles. The fourth-order valence-electron chi connectivity index (χ4n) is 7.75. The SMILES string of the molecule is c1ccc(-c2cccc(-c3nc(-c4cccc(-c5ccc6c(c5)oc5ccccc56)c4)nc(-c4cccc5c4sc4cc(-c6ccccc6)ccc45)n3)c2)cc1. The normalized spacial score (nSPS) is 11.6. The van der Waals surface area contributed by atoms with Gasteiger partial charge in [-0.2, -0.15) is 0 Å². The molecule has 0 radical (unpaired) electrons. The van der Waals surface area contributed by atoms with Crippen molar-refractivity contribution in [2.24, 2.45) is 0 Å². The van der Waals surface area contributed by atoms with Crippen LogP contribution in [0.25, 0.3) is 110 Å². The van der Waals surface area contributed by atoms with Gasteiger partial charge in [0.1, 0.15) is 11.2 Å². The Morgan fingerprint density at radius 1 is 0.321 bits per heavy atom. The molecule has 5 heteroatoms. The lowest BCUT2D eigenvalue weighted by Crippen LogP contribution is -2.00. The topological polar surface area (TPSA) is 51.8 Å². The summed E-state index contributed by atoms with van der Waals surface area (Å²) < 4.78 is 8.64. The monoisotopic (exact) mass is 733 g/mol. The first-order valence-electron chi connectivity index (χ1n) is 18.7. The summed E-state index contributed by atoms with van der Waals surface area (Å²) in [7, 11) is 0. The third kappa shape index (κ3) is 5.65. The van der Waals surface area contributed by atoms with Crippen LogP contribution in [-0.4, -0.2) is 15.0 Å². The van der Waals surface area contributed by atoms with Crippen LogP contribution in [-0.2, 0) is 0 Å². The molecular formula is C51H31N3OS. The van der Waals surface area contributed by atoms with Gasteiger partial charge < -0.3 is 4.42 Å². The molecule has 0 saturated carbocycles. The Balaban J connectivity index is 1.07. The van der Waals surface area contributed by atoms with Crippen LogP contribution in [0.1, 0.15) is 0 Å². The standard InChI is InChI=1S/C51H31N3OS/c1-3-12-32(13-4-1)34-16-9-18-38(28-34)49-52-50(39-19-10-17-35(29-39)36-24-26-41-40-20-7-8-23-45(40)55-46(41)30-36)54-51(53-49)44-22-11-21-43-42-27-25-37(31-47(42)56-48(43)44)33-14-5-2-6-15-33/h1-31H. The number of thiophene rings is 1. The third-order valence-corrected chi connectivity index (χ3v) is 11.7. The van der Waals surface area contributed by atoms with E-state index in [0.29, 0.717) is 17.5 Å². The van der Waals surface area contributed by atoms with Gasteiger partial charge in [0, 0.05) is 47.6 Å². The Bertz CT molecular complexity index is 3260. The molecule has 8 aromatic carbocycles. The molecule has 0 aliphatic heterocycles. The number of benzene rings is 8. The highest BCUT2D eigenvalue weighted by molar-refractivity contribution is 7.26. The van der Waals surface area contributed by atoms with Crippen LogP contribution in [0.4, 0.5) is 0 Å². The van der Waals surface area contributed by atoms with Crippen LogP contribution in [0.2, 0.25) is 0 Å². The molecule has 0 atom stereocenters. The predicted molar refractivity (Wildman–Crippen MR) is 233 cm³/mol. The Morgan fingerprint density at radius 2 is 0.821 bits per heavy atom. The van der Waals surface area contributed by atoms with Crippen molar-refractivity contribution in [3.63, 3.8) is 0 Å². The zero-order valence-electron chi connectivity index (χ0n) is 30.1. The molecule has 0 amide bonds. The molecule has 56 heavy (non-hydrogen) atoms. The average Bonchev–Trinajstić information content (AvgIpc) is 3.85. The number of fused-ring (bicyclic) bond motifs is 6. The van der Waals surface area contributed by atoms with E-state index in [1.807, 2.05) is 24.3 Å². The van der Waals surface area contributed by atoms with Gasteiger partial charge in [-0.15, -0.1) is 11.3 Å². The number of furan rings is 1. The molecule has 0 saturated heterocycles. The molecule has 262 valence electrons. The molecule has 0 bridgehead atoms. The maximum atomic E-state index is 6.25. The van der Waals surface area contributed by atoms with Crippen molar-refractivity contribution in [1.29, 1.82) is 0 Å². The van der Waals surface area contributed by atoms with E-state index in [4.69, 9.17) is 19.4 Å². The minimum absolute atomic E-state index is 0.617. The summed E-state index contributed by atoms with van der Waals surface area (Å²) in [6.07, 6.45) is 0. The van der Waals surface area contributed by atoms with Crippen molar-refractivity contribution in [1.82, 2.24) is 15.0 Å². The van der Waals surface area contributed by atoms with Gasteiger partial charge in [0.2, 0.25) is 0 Å². The number of para-hydroxylation sites is 1. The van der Waals surface area contributed by atoms with E-state index in [1.54, 1.807) is 11.3 Å². The number of nitrogens with zero attached hydrogens (tertiary/aromatic N) is 3. The molecule has 0 spiro atoms. The summed E-state index contributed by atoms with van der Waals surface area (Å²) >= 11 is 1.79. The lowest BCUT2D eigenvalue weighted by Gasteiger charge is -2.11. The van der Waals surface area contributed by atoms with Gasteiger partial charge in [-0.25, -0.2) is 15.0 Å². The van der Waals surface area contributed by atoms with E-state index < -0.39 is 0 Å². The van der Waals surface area contributed by atoms with Crippen LogP contribution in [0, 0.1) is 0 Å². The zero-order valence-corrected chi connectivity index (χ0v) is 30.9. The van der Waals surface area contributed by atoms with Gasteiger partial charge in [-0.1, -0.05) is 146 Å². The molecule has 0 aliphatic carbocycles. The number of hydrogen-bond donors (Lipinski definition) is 0. The van der Waals surface area contributed by atoms with Gasteiger partial charge in [0.25, 0.3) is 0 Å². The fourth-order valence-corrected chi connectivity index (χ4v) is 9.00. The third-order valence-electron chi connectivity index (χ3n) is 10.5. The molecule has 11 rings (SSSR count). The number of aromatic nitrogens is 3. The van der Waals surface area contributed by atoms with Gasteiger partial charge in [0.05, 0.1) is 0 Å². The van der Waals surface area contributed by atoms with Crippen molar-refractivity contribution in [3.05, 3.63) is 188 Å². The van der Waals surface area contributed by atoms with Crippen LogP contribution >= 0.6 is 11.3 Å². The maximum Gasteiger partial charge on any atom is 0.165 e. The van der Waals surface area contributed by atoms with Gasteiger partial charge in [-0.05, 0) is 75.8 Å². The van der Waals surface area contributed by atoms with Crippen molar-refractivity contribution in [2.45, 2.75) is 0 Å². The molecule has 0 N–H and O–H groups in total. The van der Waals surface area contributed by atoms with Crippen molar-refractivity contribution < 1.29 is 4.42 Å². The fraction of sp³-hybridized carbons (Fsp3) is 0. The summed E-state index contributed by atoms with van der Waals surface area (Å²) in [6, 6.07) is 65.7. The first kappa shape index (κ1) is 32.2. The summed E-state index contributed by atoms with van der Waals surface area (Å²) in [5.41, 5.74) is 11.4. The van der Waals surface area contributed by atoms with E-state index >= 15 is 0 Å². The van der Waals surface area contributed by atoms with Crippen molar-refractivity contribution in [2.75, 3.05) is 0 Å². The lowest BCUT2D eigenvalue weighted by molar-refractivity contribution is 0.669. The van der Waals surface area contributed by atoms with Gasteiger partial charge in [-0.3, -0.25) is 0 Å². The second-order valence-electron chi connectivity index (χ2n) is 14.0. The molecule has 0 unspecified atom stereocenters. The van der Waals surface area contributed by atoms with E-state index in [1.165, 1.54) is 26.6 Å². The highest BCUT2D eigenvalue weighted by atomic mass is 32.1. The summed E-state index contributed by atoms with van der Waals surface area (Å²) in [4.78, 5) is 15.7. The molecule has 3 heterocycles.